The first-order chi connectivity index (χ1) is 12.5. The minimum absolute atomic E-state index is 0.0966. The quantitative estimate of drug-likeness (QED) is 0.719. The second-order valence-corrected chi connectivity index (χ2v) is 8.56. The number of carbonyl (C=O) groups excluding carboxylic acids is 1. The average molecular weight is 390 g/mol. The van der Waals surface area contributed by atoms with Crippen molar-refractivity contribution >= 4 is 33.5 Å². The highest BCUT2D eigenvalue weighted by Crippen LogP contribution is 2.24. The fraction of sp³-hybridized carbons (Fsp3) is 0.250. The van der Waals surface area contributed by atoms with Crippen molar-refractivity contribution in [2.24, 2.45) is 5.92 Å². The van der Waals surface area contributed by atoms with Gasteiger partial charge in [0, 0.05) is 35.0 Å². The Morgan fingerprint density at radius 3 is 2.23 bits per heavy atom. The first-order valence-corrected chi connectivity index (χ1v) is 10.4. The summed E-state index contributed by atoms with van der Waals surface area (Å²) in [4.78, 5) is 12.5. The first-order valence-electron chi connectivity index (χ1n) is 8.49. The number of nitrogens with zero attached hydrogens (tertiary/aromatic N) is 1. The lowest BCUT2D eigenvalue weighted by atomic mass is 9.90. The van der Waals surface area contributed by atoms with Gasteiger partial charge < -0.3 is 0 Å². The van der Waals surface area contributed by atoms with Crippen molar-refractivity contribution < 1.29 is 13.2 Å². The monoisotopic (exact) mass is 389 g/mol. The molecule has 0 unspecified atom stereocenters. The lowest BCUT2D eigenvalue weighted by molar-refractivity contribution is 0.0875. The van der Waals surface area contributed by atoms with Gasteiger partial charge in [-0.15, -0.1) is 0 Å². The maximum absolute atomic E-state index is 12.5. The molecule has 0 atom stereocenters. The van der Waals surface area contributed by atoms with Gasteiger partial charge in [-0.25, -0.2) is 8.42 Å². The van der Waals surface area contributed by atoms with E-state index in [1.165, 1.54) is 9.71 Å². The number of piperidine rings is 1. The summed E-state index contributed by atoms with van der Waals surface area (Å²) in [5.74, 6) is -0.0246. The molecule has 0 spiro atoms. The Hall–Kier alpha value is -1.95. The highest BCUT2D eigenvalue weighted by molar-refractivity contribution is 7.92. The van der Waals surface area contributed by atoms with Crippen LogP contribution < -0.4 is 0 Å². The van der Waals surface area contributed by atoms with Gasteiger partial charge in [0.1, 0.15) is 0 Å². The van der Waals surface area contributed by atoms with Gasteiger partial charge in [-0.1, -0.05) is 54.1 Å². The van der Waals surface area contributed by atoms with E-state index in [1.807, 2.05) is 18.2 Å². The summed E-state index contributed by atoms with van der Waals surface area (Å²) >= 11 is 5.83. The zero-order valence-corrected chi connectivity index (χ0v) is 15.8. The van der Waals surface area contributed by atoms with Gasteiger partial charge in [0.05, 0.1) is 0 Å². The standard InChI is InChI=1S/C20H20ClNO3S/c21-19-8-6-16(7-9-19)12-15-26(24,25)22-13-10-18(11-14-22)20(23)17-4-2-1-3-5-17/h1-9,12,15,18H,10-11,13-14H2/b15-12+. The number of hydrogen-bond acceptors (Lipinski definition) is 3. The third kappa shape index (κ3) is 4.61. The molecular weight excluding hydrogens is 370 g/mol. The number of benzene rings is 2. The van der Waals surface area contributed by atoms with Gasteiger partial charge in [0.2, 0.25) is 10.0 Å². The van der Waals surface area contributed by atoms with E-state index in [9.17, 15) is 13.2 Å². The minimum atomic E-state index is -3.50. The SMILES string of the molecule is O=C(c1ccccc1)C1CCN(S(=O)(=O)/C=C/c2ccc(Cl)cc2)CC1. The smallest absolute Gasteiger partial charge is 0.236 e. The first kappa shape index (κ1) is 18.8. The summed E-state index contributed by atoms with van der Waals surface area (Å²) in [7, 11) is -3.50. The second kappa shape index (κ2) is 8.16. The molecule has 26 heavy (non-hydrogen) atoms. The topological polar surface area (TPSA) is 54.5 Å². The molecule has 0 N–H and O–H groups in total. The number of hydrogen-bond donors (Lipinski definition) is 0. The average Bonchev–Trinajstić information content (AvgIpc) is 2.68. The van der Waals surface area contributed by atoms with E-state index in [0.29, 0.717) is 36.5 Å². The molecule has 1 fully saturated rings. The fourth-order valence-electron chi connectivity index (χ4n) is 3.04. The molecule has 4 nitrogen and oxygen atoms in total. The van der Waals surface area contributed by atoms with Gasteiger partial charge in [0.15, 0.2) is 5.78 Å². The molecule has 3 rings (SSSR count). The Kier molecular flexibility index (Phi) is 5.91. The van der Waals surface area contributed by atoms with Crippen molar-refractivity contribution in [1.29, 1.82) is 0 Å². The predicted molar refractivity (Wildman–Crippen MR) is 104 cm³/mol. The molecule has 2 aromatic carbocycles. The van der Waals surface area contributed by atoms with Crippen LogP contribution in [0.3, 0.4) is 0 Å². The second-order valence-electron chi connectivity index (χ2n) is 6.30. The van der Waals surface area contributed by atoms with Crippen LogP contribution in [0.1, 0.15) is 28.8 Å². The van der Waals surface area contributed by atoms with Crippen LogP contribution >= 0.6 is 11.6 Å². The molecule has 2 aromatic rings. The van der Waals surface area contributed by atoms with E-state index >= 15 is 0 Å². The molecule has 0 radical (unpaired) electrons. The van der Waals surface area contributed by atoms with E-state index in [-0.39, 0.29) is 11.7 Å². The molecule has 0 aliphatic carbocycles. The van der Waals surface area contributed by atoms with Crippen molar-refractivity contribution in [1.82, 2.24) is 4.31 Å². The molecule has 1 aliphatic rings. The van der Waals surface area contributed by atoms with Crippen LogP contribution in [0, 0.1) is 5.92 Å². The Labute approximate surface area is 159 Å². The summed E-state index contributed by atoms with van der Waals surface area (Å²) in [5, 5.41) is 1.82. The summed E-state index contributed by atoms with van der Waals surface area (Å²) in [5.41, 5.74) is 1.46. The lowest BCUT2D eigenvalue weighted by Gasteiger charge is -2.29. The number of ketones is 1. The van der Waals surface area contributed by atoms with Crippen LogP contribution in [0.25, 0.3) is 6.08 Å². The molecule has 6 heteroatoms. The van der Waals surface area contributed by atoms with Crippen LogP contribution in [0.5, 0.6) is 0 Å². The van der Waals surface area contributed by atoms with Crippen molar-refractivity contribution in [3.05, 3.63) is 76.2 Å². The molecule has 0 saturated carbocycles. The maximum Gasteiger partial charge on any atom is 0.236 e. The Morgan fingerprint density at radius 2 is 1.62 bits per heavy atom. The number of sulfonamides is 1. The van der Waals surface area contributed by atoms with E-state index in [1.54, 1.807) is 42.5 Å². The van der Waals surface area contributed by atoms with Gasteiger partial charge in [0.25, 0.3) is 0 Å². The highest BCUT2D eigenvalue weighted by Gasteiger charge is 2.30. The van der Waals surface area contributed by atoms with E-state index in [0.717, 1.165) is 5.56 Å². The van der Waals surface area contributed by atoms with Crippen LogP contribution in [-0.4, -0.2) is 31.6 Å². The van der Waals surface area contributed by atoms with E-state index in [4.69, 9.17) is 11.6 Å². The molecule has 136 valence electrons. The molecule has 0 bridgehead atoms. The van der Waals surface area contributed by atoms with Crippen LogP contribution in [0.15, 0.2) is 60.0 Å². The summed E-state index contributed by atoms with van der Waals surface area (Å²) in [6.07, 6.45) is 2.65. The van der Waals surface area contributed by atoms with Crippen LogP contribution in [-0.2, 0) is 10.0 Å². The Morgan fingerprint density at radius 1 is 1.00 bits per heavy atom. The third-order valence-corrected chi connectivity index (χ3v) is 6.36. The number of rotatable bonds is 5. The van der Waals surface area contributed by atoms with Gasteiger partial charge in [-0.2, -0.15) is 4.31 Å². The van der Waals surface area contributed by atoms with Gasteiger partial charge in [-0.05, 0) is 36.6 Å². The number of carbonyl (C=O) groups is 1. The van der Waals surface area contributed by atoms with Crippen molar-refractivity contribution in [3.63, 3.8) is 0 Å². The molecular formula is C20H20ClNO3S. The zero-order chi connectivity index (χ0) is 18.6. The van der Waals surface area contributed by atoms with E-state index < -0.39 is 10.0 Å². The minimum Gasteiger partial charge on any atom is -0.294 e. The predicted octanol–water partition coefficient (Wildman–Crippen LogP) is 4.24. The van der Waals surface area contributed by atoms with Crippen molar-refractivity contribution in [2.75, 3.05) is 13.1 Å². The zero-order valence-electron chi connectivity index (χ0n) is 14.2. The molecule has 0 amide bonds. The summed E-state index contributed by atoms with van der Waals surface area (Å²) < 4.78 is 26.4. The Balaban J connectivity index is 1.61. The van der Waals surface area contributed by atoms with Crippen molar-refractivity contribution in [3.8, 4) is 0 Å². The number of Topliss-reactive ketones (excluding diaryl/α,β-unsaturated/α-hetero) is 1. The maximum atomic E-state index is 12.5. The lowest BCUT2D eigenvalue weighted by Crippen LogP contribution is -2.39. The molecule has 1 heterocycles. The third-order valence-electron chi connectivity index (χ3n) is 4.55. The van der Waals surface area contributed by atoms with Crippen LogP contribution in [0.4, 0.5) is 0 Å². The van der Waals surface area contributed by atoms with Gasteiger partial charge in [-0.3, -0.25) is 4.79 Å². The largest absolute Gasteiger partial charge is 0.294 e. The van der Waals surface area contributed by atoms with E-state index in [2.05, 4.69) is 0 Å². The van der Waals surface area contributed by atoms with Crippen molar-refractivity contribution in [2.45, 2.75) is 12.8 Å². The Bertz CT molecular complexity index is 884. The molecule has 0 aromatic heterocycles. The highest BCUT2D eigenvalue weighted by atomic mass is 35.5. The molecule has 1 aliphatic heterocycles. The fourth-order valence-corrected chi connectivity index (χ4v) is 4.38. The summed E-state index contributed by atoms with van der Waals surface area (Å²) in [6.45, 7) is 0.715. The van der Waals surface area contributed by atoms with Crippen LogP contribution in [0.2, 0.25) is 5.02 Å². The summed E-state index contributed by atoms with van der Waals surface area (Å²) in [6, 6.07) is 16.1. The molecule has 1 saturated heterocycles. The van der Waals surface area contributed by atoms with Gasteiger partial charge >= 0.3 is 0 Å². The normalized spacial score (nSPS) is 16.8. The number of halogens is 1.